The molecule has 0 aromatic heterocycles. The monoisotopic (exact) mass is 334 g/mol. The molecule has 0 nitrogen and oxygen atoms in total. The Morgan fingerprint density at radius 3 is 2.28 bits per heavy atom. The first-order chi connectivity index (χ1) is 8.29. The van der Waals surface area contributed by atoms with Crippen molar-refractivity contribution in [2.24, 2.45) is 0 Å². The van der Waals surface area contributed by atoms with E-state index < -0.39 is 0 Å². The van der Waals surface area contributed by atoms with Crippen LogP contribution in [-0.4, -0.2) is 14.2 Å². The van der Waals surface area contributed by atoms with Crippen molar-refractivity contribution >= 4 is 62.4 Å². The highest BCUT2D eigenvalue weighted by Crippen LogP contribution is 2.44. The molecule has 0 fully saturated rings. The van der Waals surface area contributed by atoms with Crippen LogP contribution in [0.5, 0.6) is 0 Å². The molecule has 5 heteroatoms. The van der Waals surface area contributed by atoms with Gasteiger partial charge in [0.15, 0.2) is 0 Å². The average Bonchev–Trinajstić information content (AvgIpc) is 2.26. The second-order valence-corrected chi connectivity index (χ2v) is 10.4. The van der Waals surface area contributed by atoms with E-state index in [0.29, 0.717) is 0 Å². The zero-order chi connectivity index (χ0) is 13.8. The number of benzene rings is 1. The maximum Gasteiger partial charge on any atom is 0.0651 e. The Balaban J connectivity index is 2.77. The largest absolute Gasteiger partial charge is 0.170 e. The first kappa shape index (κ1) is 16.8. The van der Waals surface area contributed by atoms with Gasteiger partial charge in [-0.05, 0) is 19.1 Å². The second-order valence-electron chi connectivity index (χ2n) is 4.82. The van der Waals surface area contributed by atoms with E-state index in [9.17, 15) is 0 Å². The van der Waals surface area contributed by atoms with Crippen LogP contribution in [0.2, 0.25) is 0 Å². The first-order valence-corrected chi connectivity index (χ1v) is 9.53. The Labute approximate surface area is 133 Å². The minimum Gasteiger partial charge on any atom is -0.170 e. The Bertz CT molecular complexity index is 406. The summed E-state index contributed by atoms with van der Waals surface area (Å²) in [6.07, 6.45) is 0. The molecular formula is C13H18S5. The molecule has 100 valence electrons. The Hall–Kier alpha value is 0.710. The smallest absolute Gasteiger partial charge is 0.0651 e. The quantitative estimate of drug-likeness (QED) is 0.312. The van der Waals surface area contributed by atoms with E-state index in [2.05, 4.69) is 57.7 Å². The van der Waals surface area contributed by atoms with Gasteiger partial charge in [-0.15, -0.1) is 0 Å². The zero-order valence-electron chi connectivity index (χ0n) is 11.0. The van der Waals surface area contributed by atoms with Crippen LogP contribution in [-0.2, 0) is 0 Å². The van der Waals surface area contributed by atoms with Gasteiger partial charge in [0.05, 0.1) is 4.20 Å². The molecule has 1 aromatic rings. The maximum absolute atomic E-state index is 5.35. The van der Waals surface area contributed by atoms with Gasteiger partial charge in [0.1, 0.15) is 0 Å². The lowest BCUT2D eigenvalue weighted by atomic mass is 10.3. The van der Waals surface area contributed by atoms with E-state index in [0.717, 1.165) is 4.20 Å². The molecular weight excluding hydrogens is 316 g/mol. The highest BCUT2D eigenvalue weighted by atomic mass is 33.1. The van der Waals surface area contributed by atoms with Gasteiger partial charge < -0.3 is 0 Å². The summed E-state index contributed by atoms with van der Waals surface area (Å²) in [5, 5.41) is 0.137. The van der Waals surface area contributed by atoms with Crippen molar-refractivity contribution in [2.45, 2.75) is 47.5 Å². The lowest BCUT2D eigenvalue weighted by molar-refractivity contribution is 0.810. The number of hydrogen-bond acceptors (Lipinski definition) is 5. The minimum absolute atomic E-state index is 0.137. The molecule has 0 radical (unpaired) electrons. The van der Waals surface area contributed by atoms with Crippen LogP contribution in [0.1, 0.15) is 27.7 Å². The summed E-state index contributed by atoms with van der Waals surface area (Å²) in [5.74, 6) is 0. The van der Waals surface area contributed by atoms with Crippen molar-refractivity contribution in [3.63, 3.8) is 0 Å². The highest BCUT2D eigenvalue weighted by Gasteiger charge is 2.14. The van der Waals surface area contributed by atoms with Crippen molar-refractivity contribution < 1.29 is 0 Å². The number of thiol groups is 1. The molecule has 0 aliphatic rings. The molecule has 1 aromatic carbocycles. The third kappa shape index (κ3) is 6.24. The van der Waals surface area contributed by atoms with Gasteiger partial charge in [0.25, 0.3) is 0 Å². The van der Waals surface area contributed by atoms with Crippen molar-refractivity contribution in [1.29, 1.82) is 0 Å². The molecule has 1 rings (SSSR count). The molecule has 0 heterocycles. The fourth-order valence-electron chi connectivity index (χ4n) is 0.967. The van der Waals surface area contributed by atoms with Crippen molar-refractivity contribution in [3.8, 4) is 0 Å². The Kier molecular flexibility index (Phi) is 6.97. The lowest BCUT2D eigenvalue weighted by Gasteiger charge is -2.17. The number of hydrogen-bond donors (Lipinski definition) is 1. The van der Waals surface area contributed by atoms with Crippen molar-refractivity contribution in [3.05, 3.63) is 24.3 Å². The highest BCUT2D eigenvalue weighted by molar-refractivity contribution is 8.77. The third-order valence-electron chi connectivity index (χ3n) is 1.78. The predicted molar refractivity (Wildman–Crippen MR) is 96.5 cm³/mol. The second kappa shape index (κ2) is 7.48. The summed E-state index contributed by atoms with van der Waals surface area (Å²) in [6, 6.07) is 8.40. The summed E-state index contributed by atoms with van der Waals surface area (Å²) in [5.41, 5.74) is 0. The summed E-state index contributed by atoms with van der Waals surface area (Å²) in [7, 11) is 3.70. The topological polar surface area (TPSA) is 0 Å². The van der Waals surface area contributed by atoms with Crippen LogP contribution in [0.3, 0.4) is 0 Å². The molecule has 0 aliphatic carbocycles. The molecule has 0 saturated carbocycles. The standard InChI is InChI=1S/C13H18S5/c1-9(14)12(15)16-10-7-5-6-8-11(10)17-18-13(2,3)4/h5-9,14H,1-4H3. The van der Waals surface area contributed by atoms with E-state index in [1.54, 1.807) is 11.8 Å². The fourth-order valence-corrected chi connectivity index (χ4v) is 4.58. The molecule has 0 spiro atoms. The third-order valence-corrected chi connectivity index (χ3v) is 7.66. The Morgan fingerprint density at radius 1 is 1.22 bits per heavy atom. The van der Waals surface area contributed by atoms with E-state index in [1.807, 2.05) is 28.5 Å². The number of thioether (sulfide) groups is 1. The van der Waals surface area contributed by atoms with E-state index in [1.165, 1.54) is 9.79 Å². The maximum atomic E-state index is 5.35. The molecule has 0 N–H and O–H groups in total. The number of thiocarbonyl (C=S) groups is 1. The summed E-state index contributed by atoms with van der Waals surface area (Å²) >= 11 is 11.4. The van der Waals surface area contributed by atoms with Gasteiger partial charge in [-0.2, -0.15) is 12.6 Å². The SMILES string of the molecule is CC(S)C(=S)Sc1ccccc1SSC(C)(C)C. The van der Waals surface area contributed by atoms with Crippen LogP contribution >= 0.6 is 58.2 Å². The molecule has 1 atom stereocenters. The van der Waals surface area contributed by atoms with E-state index in [4.69, 9.17) is 12.2 Å². The molecule has 0 aliphatic heterocycles. The first-order valence-electron chi connectivity index (χ1n) is 5.64. The van der Waals surface area contributed by atoms with Crippen molar-refractivity contribution in [1.82, 2.24) is 0 Å². The van der Waals surface area contributed by atoms with Crippen LogP contribution in [0.25, 0.3) is 0 Å². The van der Waals surface area contributed by atoms with Gasteiger partial charge >= 0.3 is 0 Å². The number of rotatable bonds is 4. The van der Waals surface area contributed by atoms with Crippen molar-refractivity contribution in [2.75, 3.05) is 0 Å². The lowest BCUT2D eigenvalue weighted by Crippen LogP contribution is -2.04. The molecule has 18 heavy (non-hydrogen) atoms. The summed E-state index contributed by atoms with van der Waals surface area (Å²) in [6.45, 7) is 8.68. The van der Waals surface area contributed by atoms with Crippen LogP contribution in [0.15, 0.2) is 34.1 Å². The summed E-state index contributed by atoms with van der Waals surface area (Å²) in [4.78, 5) is 2.50. The normalized spacial score (nSPS) is 13.4. The zero-order valence-corrected chi connectivity index (χ0v) is 15.1. The van der Waals surface area contributed by atoms with E-state index in [-0.39, 0.29) is 10.00 Å². The van der Waals surface area contributed by atoms with Crippen LogP contribution in [0.4, 0.5) is 0 Å². The molecule has 0 bridgehead atoms. The van der Waals surface area contributed by atoms with Gasteiger partial charge in [-0.3, -0.25) is 0 Å². The average molecular weight is 335 g/mol. The molecule has 1 unspecified atom stereocenters. The van der Waals surface area contributed by atoms with Crippen LogP contribution in [0, 0.1) is 0 Å². The molecule has 0 saturated heterocycles. The van der Waals surface area contributed by atoms with Gasteiger partial charge in [-0.25, -0.2) is 0 Å². The van der Waals surface area contributed by atoms with Gasteiger partial charge in [-0.1, -0.05) is 78.5 Å². The minimum atomic E-state index is 0.137. The summed E-state index contributed by atoms with van der Waals surface area (Å²) < 4.78 is 1.17. The van der Waals surface area contributed by atoms with E-state index >= 15 is 0 Å². The molecule has 0 amide bonds. The Morgan fingerprint density at radius 2 is 1.78 bits per heavy atom. The van der Waals surface area contributed by atoms with Crippen LogP contribution < -0.4 is 0 Å². The van der Waals surface area contributed by atoms with Gasteiger partial charge in [0.2, 0.25) is 0 Å². The predicted octanol–water partition coefficient (Wildman–Crippen LogP) is 5.96. The fraction of sp³-hybridized carbons (Fsp3) is 0.462. The van der Waals surface area contributed by atoms with Gasteiger partial charge in [0, 0.05) is 19.8 Å².